The number of pyridine rings is 1. The third-order valence-corrected chi connectivity index (χ3v) is 7.77. The molecule has 5 heteroatoms. The molecule has 0 unspecified atom stereocenters. The first-order valence-corrected chi connectivity index (χ1v) is 14.2. The lowest BCUT2D eigenvalue weighted by molar-refractivity contribution is 1.07. The topological polar surface area (TPSA) is 56.5 Å². The lowest BCUT2D eigenvalue weighted by Gasteiger charge is -2.10. The zero-order chi connectivity index (χ0) is 28.6. The van der Waals surface area contributed by atoms with Crippen LogP contribution in [-0.4, -0.2) is 24.5 Å². The molecule has 0 N–H and O–H groups in total. The van der Waals surface area contributed by atoms with Gasteiger partial charge in [0, 0.05) is 51.9 Å². The fourth-order valence-corrected chi connectivity index (χ4v) is 5.71. The van der Waals surface area contributed by atoms with Crippen molar-refractivity contribution in [1.29, 1.82) is 0 Å². The van der Waals surface area contributed by atoms with E-state index in [1.54, 1.807) is 0 Å². The van der Waals surface area contributed by atoms with E-state index in [0.29, 0.717) is 17.5 Å². The molecule has 5 nitrogen and oxygen atoms in total. The van der Waals surface area contributed by atoms with Crippen LogP contribution in [0.4, 0.5) is 0 Å². The molecule has 0 aliphatic rings. The molecule has 202 valence electrons. The molecule has 0 fully saturated rings. The summed E-state index contributed by atoms with van der Waals surface area (Å²) in [6.45, 7) is 0. The maximum atomic E-state index is 4.96. The number of fused-ring (bicyclic) bond motifs is 3. The molecule has 0 spiro atoms. The van der Waals surface area contributed by atoms with E-state index in [1.165, 1.54) is 16.2 Å². The normalized spacial score (nSPS) is 11.3. The molecule has 43 heavy (non-hydrogen) atoms. The van der Waals surface area contributed by atoms with Crippen molar-refractivity contribution >= 4 is 21.7 Å². The zero-order valence-corrected chi connectivity index (χ0v) is 23.2. The molecule has 0 radical (unpaired) electrons. The van der Waals surface area contributed by atoms with Gasteiger partial charge in [0.05, 0.1) is 5.52 Å². The number of hydrogen-bond donors (Lipinski definition) is 0. The van der Waals surface area contributed by atoms with E-state index in [9.17, 15) is 0 Å². The fourth-order valence-electron chi connectivity index (χ4n) is 5.71. The smallest absolute Gasteiger partial charge is 0.164 e. The molecular formula is C38H25N5. The molecule has 0 atom stereocenters. The second-order valence-corrected chi connectivity index (χ2v) is 10.4. The van der Waals surface area contributed by atoms with Crippen LogP contribution in [0, 0.1) is 0 Å². The Kier molecular flexibility index (Phi) is 6.05. The van der Waals surface area contributed by atoms with Gasteiger partial charge in [0.1, 0.15) is 0 Å². The molecule has 0 saturated heterocycles. The van der Waals surface area contributed by atoms with Crippen molar-refractivity contribution in [2.24, 2.45) is 0 Å². The molecular weight excluding hydrogens is 526 g/mol. The van der Waals surface area contributed by atoms with E-state index in [2.05, 4.69) is 76.4 Å². The largest absolute Gasteiger partial charge is 0.316 e. The summed E-state index contributed by atoms with van der Waals surface area (Å²) in [6.07, 6.45) is 5.89. The van der Waals surface area contributed by atoms with Gasteiger partial charge in [0.15, 0.2) is 17.5 Å². The number of aromatic nitrogens is 5. The number of nitrogens with zero attached hydrogens (tertiary/aromatic N) is 5. The third-order valence-electron chi connectivity index (χ3n) is 7.77. The van der Waals surface area contributed by atoms with Gasteiger partial charge in [0.25, 0.3) is 0 Å². The lowest BCUT2D eigenvalue weighted by Crippen LogP contribution is -2.00. The fraction of sp³-hybridized carbons (Fsp3) is 0. The summed E-state index contributed by atoms with van der Waals surface area (Å²) in [7, 11) is 0. The average Bonchev–Trinajstić information content (AvgIpc) is 3.50. The average molecular weight is 552 g/mol. The Morgan fingerprint density at radius 3 is 1.74 bits per heavy atom. The van der Waals surface area contributed by atoms with Crippen molar-refractivity contribution in [3.63, 3.8) is 0 Å². The van der Waals surface area contributed by atoms with Gasteiger partial charge in [-0.05, 0) is 40.6 Å². The van der Waals surface area contributed by atoms with Gasteiger partial charge in [0.2, 0.25) is 0 Å². The monoisotopic (exact) mass is 551 g/mol. The first kappa shape index (κ1) is 24.8. The molecule has 3 heterocycles. The van der Waals surface area contributed by atoms with Crippen LogP contribution < -0.4 is 0 Å². The van der Waals surface area contributed by atoms with E-state index in [0.717, 1.165) is 39.0 Å². The summed E-state index contributed by atoms with van der Waals surface area (Å²) in [5.41, 5.74) is 7.27. The summed E-state index contributed by atoms with van der Waals surface area (Å²) in [6, 6.07) is 45.7. The molecule has 0 aliphatic heterocycles. The van der Waals surface area contributed by atoms with Gasteiger partial charge >= 0.3 is 0 Å². The molecule has 0 saturated carbocycles. The highest BCUT2D eigenvalue weighted by atomic mass is 15.0. The first-order chi connectivity index (χ1) is 21.3. The van der Waals surface area contributed by atoms with Crippen LogP contribution in [0.2, 0.25) is 0 Å². The summed E-state index contributed by atoms with van der Waals surface area (Å²) in [4.78, 5) is 19.0. The Morgan fingerprint density at radius 1 is 0.465 bits per heavy atom. The molecule has 3 aromatic heterocycles. The summed E-state index contributed by atoms with van der Waals surface area (Å²) < 4.78 is 2.25. The molecule has 0 amide bonds. The number of rotatable bonds is 5. The summed E-state index contributed by atoms with van der Waals surface area (Å²) >= 11 is 0. The van der Waals surface area contributed by atoms with Crippen LogP contribution in [0.25, 0.3) is 72.7 Å². The number of benzene rings is 5. The molecule has 0 aliphatic carbocycles. The minimum atomic E-state index is 0.636. The quantitative estimate of drug-likeness (QED) is 0.214. The zero-order valence-electron chi connectivity index (χ0n) is 23.2. The molecule has 0 bridgehead atoms. The Labute approximate surface area is 248 Å². The van der Waals surface area contributed by atoms with Crippen molar-refractivity contribution < 1.29 is 0 Å². The maximum Gasteiger partial charge on any atom is 0.164 e. The Morgan fingerprint density at radius 2 is 1.05 bits per heavy atom. The van der Waals surface area contributed by atoms with Gasteiger partial charge in [-0.25, -0.2) is 15.0 Å². The standard InChI is InChI=1S/C38H25N5/c1-3-11-27(12-4-1)36-40-37(28-13-5-2-6-14-28)42-38(41-36)30-16-9-15-29(24-30)33-25-43(31-20-22-39-23-21-31)34-19-18-26-10-7-8-17-32(26)35(33)34/h1-25H. The second kappa shape index (κ2) is 10.5. The van der Waals surface area contributed by atoms with Gasteiger partial charge in [-0.1, -0.05) is 109 Å². The predicted octanol–water partition coefficient (Wildman–Crippen LogP) is 9.03. The SMILES string of the molecule is c1ccc(-c2nc(-c3ccccc3)nc(-c3cccc(-c4cn(-c5ccncc5)c5ccc6ccccc6c45)c3)n2)cc1. The van der Waals surface area contributed by atoms with Crippen LogP contribution in [0.15, 0.2) is 152 Å². The van der Waals surface area contributed by atoms with Crippen molar-refractivity contribution in [1.82, 2.24) is 24.5 Å². The van der Waals surface area contributed by atoms with Crippen molar-refractivity contribution in [3.05, 3.63) is 152 Å². The highest BCUT2D eigenvalue weighted by Gasteiger charge is 2.17. The Bertz CT molecular complexity index is 2170. The summed E-state index contributed by atoms with van der Waals surface area (Å²) in [5, 5.41) is 3.63. The molecule has 8 rings (SSSR count). The predicted molar refractivity (Wildman–Crippen MR) is 174 cm³/mol. The second-order valence-electron chi connectivity index (χ2n) is 10.4. The maximum absolute atomic E-state index is 4.96. The minimum Gasteiger partial charge on any atom is -0.316 e. The summed E-state index contributed by atoms with van der Waals surface area (Å²) in [5.74, 6) is 1.93. The van der Waals surface area contributed by atoms with Crippen molar-refractivity contribution in [2.45, 2.75) is 0 Å². The van der Waals surface area contributed by atoms with Gasteiger partial charge < -0.3 is 4.57 Å². The van der Waals surface area contributed by atoms with E-state index in [1.807, 2.05) is 85.2 Å². The minimum absolute atomic E-state index is 0.636. The van der Waals surface area contributed by atoms with E-state index >= 15 is 0 Å². The van der Waals surface area contributed by atoms with Crippen molar-refractivity contribution in [2.75, 3.05) is 0 Å². The first-order valence-electron chi connectivity index (χ1n) is 14.2. The van der Waals surface area contributed by atoms with Gasteiger partial charge in [-0.15, -0.1) is 0 Å². The van der Waals surface area contributed by atoms with Crippen LogP contribution >= 0.6 is 0 Å². The molecule has 5 aromatic carbocycles. The van der Waals surface area contributed by atoms with E-state index in [4.69, 9.17) is 15.0 Å². The van der Waals surface area contributed by atoms with Crippen molar-refractivity contribution in [3.8, 4) is 51.0 Å². The van der Waals surface area contributed by atoms with Crippen LogP contribution in [-0.2, 0) is 0 Å². The van der Waals surface area contributed by atoms with Gasteiger partial charge in [-0.3, -0.25) is 4.98 Å². The lowest BCUT2D eigenvalue weighted by atomic mass is 9.98. The van der Waals surface area contributed by atoms with Gasteiger partial charge in [-0.2, -0.15) is 0 Å². The highest BCUT2D eigenvalue weighted by molar-refractivity contribution is 6.14. The van der Waals surface area contributed by atoms with Crippen LogP contribution in [0.5, 0.6) is 0 Å². The van der Waals surface area contributed by atoms with E-state index in [-0.39, 0.29) is 0 Å². The Balaban J connectivity index is 1.34. The third kappa shape index (κ3) is 4.53. The molecule has 8 aromatic rings. The highest BCUT2D eigenvalue weighted by Crippen LogP contribution is 2.38. The van der Waals surface area contributed by atoms with Crippen LogP contribution in [0.3, 0.4) is 0 Å². The Hall–Kier alpha value is -5.94. The van der Waals surface area contributed by atoms with E-state index < -0.39 is 0 Å². The van der Waals surface area contributed by atoms with Crippen LogP contribution in [0.1, 0.15) is 0 Å². The number of hydrogen-bond acceptors (Lipinski definition) is 4.